The number of hydrogen-bond acceptors (Lipinski definition) is 4. The van der Waals surface area contributed by atoms with E-state index in [0.717, 1.165) is 17.8 Å². The van der Waals surface area contributed by atoms with Crippen LogP contribution in [0.3, 0.4) is 0 Å². The quantitative estimate of drug-likeness (QED) is 0.875. The van der Waals surface area contributed by atoms with Crippen molar-refractivity contribution in [3.63, 3.8) is 0 Å². The van der Waals surface area contributed by atoms with Crippen molar-refractivity contribution in [3.05, 3.63) is 54.1 Å². The van der Waals surface area contributed by atoms with Crippen LogP contribution in [0.15, 0.2) is 43.0 Å². The Hall–Kier alpha value is -2.27. The molecular weight excluding hydrogens is 252 g/mol. The van der Waals surface area contributed by atoms with Crippen LogP contribution in [0.5, 0.6) is 0 Å². The second-order valence-corrected chi connectivity index (χ2v) is 4.49. The van der Waals surface area contributed by atoms with Crippen LogP contribution in [0.25, 0.3) is 0 Å². The highest BCUT2D eigenvalue weighted by atomic mass is 16.1. The van der Waals surface area contributed by atoms with Gasteiger partial charge in [-0.05, 0) is 31.2 Å². The van der Waals surface area contributed by atoms with Crippen molar-refractivity contribution in [1.29, 1.82) is 0 Å². The molecule has 0 saturated carbocycles. The third kappa shape index (κ3) is 3.61. The molecule has 0 radical (unpaired) electrons. The lowest BCUT2D eigenvalue weighted by atomic mass is 10.1. The molecule has 0 aliphatic carbocycles. The number of anilines is 1. The first-order chi connectivity index (χ1) is 9.70. The van der Waals surface area contributed by atoms with E-state index in [9.17, 15) is 4.79 Å². The van der Waals surface area contributed by atoms with Gasteiger partial charge < -0.3 is 10.6 Å². The van der Waals surface area contributed by atoms with Crippen molar-refractivity contribution < 1.29 is 4.79 Å². The smallest absolute Gasteiger partial charge is 0.258 e. The van der Waals surface area contributed by atoms with E-state index in [-0.39, 0.29) is 11.9 Å². The monoisotopic (exact) mass is 270 g/mol. The number of benzene rings is 1. The minimum atomic E-state index is -0.209. The maximum absolute atomic E-state index is 12.0. The van der Waals surface area contributed by atoms with E-state index in [2.05, 4.69) is 34.4 Å². The first kappa shape index (κ1) is 14.1. The van der Waals surface area contributed by atoms with Crippen LogP contribution in [-0.4, -0.2) is 22.4 Å². The zero-order valence-electron chi connectivity index (χ0n) is 11.6. The Kier molecular flexibility index (Phi) is 4.79. The molecule has 1 unspecified atom stereocenters. The molecule has 1 heterocycles. The summed E-state index contributed by atoms with van der Waals surface area (Å²) < 4.78 is 0. The molecule has 104 valence electrons. The van der Waals surface area contributed by atoms with Gasteiger partial charge in [0.1, 0.15) is 6.33 Å². The Bertz CT molecular complexity index is 571. The Morgan fingerprint density at radius 1 is 1.30 bits per heavy atom. The molecule has 20 heavy (non-hydrogen) atoms. The van der Waals surface area contributed by atoms with E-state index in [1.165, 1.54) is 18.7 Å². The molecule has 0 aliphatic heterocycles. The highest BCUT2D eigenvalue weighted by Gasteiger charge is 2.08. The topological polar surface area (TPSA) is 66.9 Å². The Morgan fingerprint density at radius 2 is 2.05 bits per heavy atom. The highest BCUT2D eigenvalue weighted by Crippen LogP contribution is 2.17. The van der Waals surface area contributed by atoms with Gasteiger partial charge in [0.15, 0.2) is 0 Å². The summed E-state index contributed by atoms with van der Waals surface area (Å²) in [6, 6.07) is 8.05. The van der Waals surface area contributed by atoms with Crippen molar-refractivity contribution in [2.45, 2.75) is 19.9 Å². The Morgan fingerprint density at radius 3 is 2.75 bits per heavy atom. The number of carbonyl (C=O) groups excluding carboxylic acids is 1. The first-order valence-corrected chi connectivity index (χ1v) is 6.60. The standard InChI is InChI=1S/C15H18N4O/c1-3-18-11(2)12-5-4-6-14(7-12)19-15(20)13-8-16-10-17-9-13/h4-11,18H,3H2,1-2H3,(H,19,20). The summed E-state index contributed by atoms with van der Waals surface area (Å²) in [6.45, 7) is 5.06. The molecule has 0 fully saturated rings. The molecule has 5 nitrogen and oxygen atoms in total. The molecule has 5 heteroatoms. The molecule has 2 rings (SSSR count). The average Bonchev–Trinajstić information content (AvgIpc) is 2.48. The van der Waals surface area contributed by atoms with Gasteiger partial charge >= 0.3 is 0 Å². The third-order valence-corrected chi connectivity index (χ3v) is 2.98. The molecule has 1 aromatic heterocycles. The predicted octanol–water partition coefficient (Wildman–Crippen LogP) is 2.40. The number of nitrogens with zero attached hydrogens (tertiary/aromatic N) is 2. The van der Waals surface area contributed by atoms with E-state index in [0.29, 0.717) is 5.56 Å². The first-order valence-electron chi connectivity index (χ1n) is 6.60. The SMILES string of the molecule is CCNC(C)c1cccc(NC(=O)c2cncnc2)c1. The van der Waals surface area contributed by atoms with Crippen molar-refractivity contribution >= 4 is 11.6 Å². The number of hydrogen-bond donors (Lipinski definition) is 2. The molecule has 1 aromatic carbocycles. The molecular formula is C15H18N4O. The van der Waals surface area contributed by atoms with Gasteiger partial charge in [-0.25, -0.2) is 9.97 Å². The van der Waals surface area contributed by atoms with Gasteiger partial charge in [0.2, 0.25) is 0 Å². The van der Waals surface area contributed by atoms with Crippen LogP contribution in [0.2, 0.25) is 0 Å². The second-order valence-electron chi connectivity index (χ2n) is 4.49. The molecule has 2 N–H and O–H groups in total. The summed E-state index contributed by atoms with van der Waals surface area (Å²) in [5.74, 6) is -0.209. The summed E-state index contributed by atoms with van der Waals surface area (Å²) in [7, 11) is 0. The van der Waals surface area contributed by atoms with Gasteiger partial charge in [0.05, 0.1) is 5.56 Å². The molecule has 0 aliphatic rings. The average molecular weight is 270 g/mol. The highest BCUT2D eigenvalue weighted by molar-refractivity contribution is 6.03. The number of carbonyl (C=O) groups is 1. The van der Waals surface area contributed by atoms with Crippen molar-refractivity contribution in [3.8, 4) is 0 Å². The van der Waals surface area contributed by atoms with E-state index < -0.39 is 0 Å². The lowest BCUT2D eigenvalue weighted by Gasteiger charge is -2.14. The zero-order valence-corrected chi connectivity index (χ0v) is 11.6. The number of nitrogens with one attached hydrogen (secondary N) is 2. The largest absolute Gasteiger partial charge is 0.322 e. The van der Waals surface area contributed by atoms with Crippen molar-refractivity contribution in [1.82, 2.24) is 15.3 Å². The van der Waals surface area contributed by atoms with Gasteiger partial charge in [0, 0.05) is 24.1 Å². The molecule has 2 aromatic rings. The van der Waals surface area contributed by atoms with Crippen molar-refractivity contribution in [2.24, 2.45) is 0 Å². The second kappa shape index (κ2) is 6.77. The van der Waals surface area contributed by atoms with E-state index in [4.69, 9.17) is 0 Å². The van der Waals surface area contributed by atoms with Crippen LogP contribution < -0.4 is 10.6 Å². The third-order valence-electron chi connectivity index (χ3n) is 2.98. The van der Waals surface area contributed by atoms with E-state index in [1.54, 1.807) is 0 Å². The predicted molar refractivity (Wildman–Crippen MR) is 78.5 cm³/mol. The lowest BCUT2D eigenvalue weighted by Crippen LogP contribution is -2.18. The molecule has 0 spiro atoms. The van der Waals surface area contributed by atoms with Crippen LogP contribution in [-0.2, 0) is 0 Å². The van der Waals surface area contributed by atoms with Gasteiger partial charge in [-0.2, -0.15) is 0 Å². The summed E-state index contributed by atoms with van der Waals surface area (Å²) in [4.78, 5) is 19.7. The van der Waals surface area contributed by atoms with Crippen LogP contribution in [0.1, 0.15) is 35.8 Å². The molecule has 1 atom stereocenters. The summed E-state index contributed by atoms with van der Waals surface area (Å²) in [6.07, 6.45) is 4.39. The Balaban J connectivity index is 2.10. The maximum Gasteiger partial charge on any atom is 0.258 e. The normalized spacial score (nSPS) is 11.9. The molecule has 1 amide bonds. The van der Waals surface area contributed by atoms with Gasteiger partial charge in [-0.15, -0.1) is 0 Å². The van der Waals surface area contributed by atoms with Gasteiger partial charge in [-0.3, -0.25) is 4.79 Å². The minimum absolute atomic E-state index is 0.209. The summed E-state index contributed by atoms with van der Waals surface area (Å²) in [5, 5.41) is 6.19. The van der Waals surface area contributed by atoms with E-state index in [1.807, 2.05) is 24.3 Å². The van der Waals surface area contributed by atoms with Gasteiger partial charge in [-0.1, -0.05) is 19.1 Å². The summed E-state index contributed by atoms with van der Waals surface area (Å²) in [5.41, 5.74) is 2.34. The number of aromatic nitrogens is 2. The van der Waals surface area contributed by atoms with Crippen molar-refractivity contribution in [2.75, 3.05) is 11.9 Å². The minimum Gasteiger partial charge on any atom is -0.322 e. The van der Waals surface area contributed by atoms with Crippen LogP contribution >= 0.6 is 0 Å². The Labute approximate surface area is 118 Å². The lowest BCUT2D eigenvalue weighted by molar-refractivity contribution is 0.102. The fourth-order valence-electron chi connectivity index (χ4n) is 1.93. The fourth-order valence-corrected chi connectivity index (χ4v) is 1.93. The molecule has 0 bridgehead atoms. The van der Waals surface area contributed by atoms with Gasteiger partial charge in [0.25, 0.3) is 5.91 Å². The molecule has 0 saturated heterocycles. The fraction of sp³-hybridized carbons (Fsp3) is 0.267. The number of amides is 1. The maximum atomic E-state index is 12.0. The zero-order chi connectivity index (χ0) is 14.4. The van der Waals surface area contributed by atoms with Crippen LogP contribution in [0, 0.1) is 0 Å². The van der Waals surface area contributed by atoms with E-state index >= 15 is 0 Å². The summed E-state index contributed by atoms with van der Waals surface area (Å²) >= 11 is 0. The number of rotatable bonds is 5. The van der Waals surface area contributed by atoms with Crippen LogP contribution in [0.4, 0.5) is 5.69 Å².